The molecule has 0 unspecified atom stereocenters. The maximum absolute atomic E-state index is 13.8. The van der Waals surface area contributed by atoms with Crippen LogP contribution in [0.3, 0.4) is 0 Å². The lowest BCUT2D eigenvalue weighted by molar-refractivity contribution is -0.139. The Morgan fingerprint density at radius 1 is 1.08 bits per heavy atom. The van der Waals surface area contributed by atoms with Crippen molar-refractivity contribution in [2.75, 3.05) is 20.3 Å². The molecule has 1 aliphatic heterocycles. The predicted molar refractivity (Wildman–Crippen MR) is 142 cm³/mol. The molecule has 4 rings (SSSR count). The van der Waals surface area contributed by atoms with E-state index >= 15 is 0 Å². The van der Waals surface area contributed by atoms with E-state index < -0.39 is 18.0 Å². The number of fused-ring (bicyclic) bond motifs is 1. The van der Waals surface area contributed by atoms with E-state index in [2.05, 4.69) is 4.99 Å². The molecule has 0 fully saturated rings. The van der Waals surface area contributed by atoms with Gasteiger partial charge in [0.15, 0.2) is 16.3 Å². The van der Waals surface area contributed by atoms with Gasteiger partial charge in [-0.2, -0.15) is 0 Å². The minimum Gasteiger partial charge on any atom is -0.493 e. The zero-order chi connectivity index (χ0) is 27.4. The normalized spacial score (nSPS) is 15.0. The van der Waals surface area contributed by atoms with Crippen LogP contribution in [0.25, 0.3) is 6.08 Å². The van der Waals surface area contributed by atoms with Crippen molar-refractivity contribution in [1.82, 2.24) is 4.57 Å². The molecule has 10 heteroatoms. The first-order valence-electron chi connectivity index (χ1n) is 12.1. The van der Waals surface area contributed by atoms with Crippen LogP contribution in [-0.2, 0) is 14.3 Å². The highest BCUT2D eigenvalue weighted by Gasteiger charge is 2.34. The van der Waals surface area contributed by atoms with Gasteiger partial charge in [-0.25, -0.2) is 9.79 Å². The van der Waals surface area contributed by atoms with Crippen LogP contribution in [0.5, 0.6) is 17.2 Å². The average Bonchev–Trinajstić information content (AvgIpc) is 3.18. The van der Waals surface area contributed by atoms with E-state index in [4.69, 9.17) is 18.9 Å². The number of hydrogen-bond acceptors (Lipinski definition) is 9. The summed E-state index contributed by atoms with van der Waals surface area (Å²) in [6.07, 6.45) is 1.65. The summed E-state index contributed by atoms with van der Waals surface area (Å²) >= 11 is 1.18. The number of allylic oxidation sites excluding steroid dienone is 1. The van der Waals surface area contributed by atoms with Crippen molar-refractivity contribution in [2.45, 2.75) is 33.7 Å². The first kappa shape index (κ1) is 26.9. The molecule has 38 heavy (non-hydrogen) atoms. The maximum atomic E-state index is 13.8. The molecule has 2 heterocycles. The lowest BCUT2D eigenvalue weighted by Crippen LogP contribution is -2.40. The summed E-state index contributed by atoms with van der Waals surface area (Å²) in [7, 11) is 1.54. The molecule has 2 aromatic carbocycles. The van der Waals surface area contributed by atoms with Gasteiger partial charge in [0.25, 0.3) is 5.56 Å². The fourth-order valence-electron chi connectivity index (χ4n) is 4.23. The largest absolute Gasteiger partial charge is 0.493 e. The Hall–Kier alpha value is -4.18. The number of ether oxygens (including phenoxy) is 4. The van der Waals surface area contributed by atoms with E-state index in [0.717, 1.165) is 0 Å². The molecule has 198 valence electrons. The molecule has 3 aromatic rings. The van der Waals surface area contributed by atoms with Crippen LogP contribution >= 0.6 is 11.3 Å². The van der Waals surface area contributed by atoms with Gasteiger partial charge in [0.05, 0.1) is 42.2 Å². The summed E-state index contributed by atoms with van der Waals surface area (Å²) in [6.45, 7) is 7.20. The molecule has 1 aliphatic rings. The third-order valence-electron chi connectivity index (χ3n) is 5.78. The number of methoxy groups -OCH3 is 1. The Balaban J connectivity index is 1.96. The molecule has 9 nitrogen and oxygen atoms in total. The van der Waals surface area contributed by atoms with Gasteiger partial charge in [0.2, 0.25) is 0 Å². The summed E-state index contributed by atoms with van der Waals surface area (Å²) in [5.41, 5.74) is 1.57. The fraction of sp³-hybridized carbons (Fsp3) is 0.286. The van der Waals surface area contributed by atoms with Gasteiger partial charge in [-0.05, 0) is 50.6 Å². The highest BCUT2D eigenvalue weighted by molar-refractivity contribution is 7.07. The molecule has 1 atom stereocenters. The third kappa shape index (κ3) is 5.26. The molecule has 0 radical (unpaired) electrons. The van der Waals surface area contributed by atoms with Crippen molar-refractivity contribution < 1.29 is 28.5 Å². The number of carbonyl (C=O) groups is 2. The number of aromatic nitrogens is 1. The van der Waals surface area contributed by atoms with Crippen LogP contribution in [0.4, 0.5) is 0 Å². The van der Waals surface area contributed by atoms with Crippen molar-refractivity contribution in [3.63, 3.8) is 0 Å². The average molecular weight is 537 g/mol. The van der Waals surface area contributed by atoms with Crippen LogP contribution in [-0.4, -0.2) is 36.8 Å². The van der Waals surface area contributed by atoms with Gasteiger partial charge in [-0.1, -0.05) is 35.6 Å². The quantitative estimate of drug-likeness (QED) is 0.322. The topological polar surface area (TPSA) is 105 Å². The number of benzene rings is 2. The minimum atomic E-state index is -0.804. The number of nitrogens with zero attached hydrogens (tertiary/aromatic N) is 2. The van der Waals surface area contributed by atoms with Gasteiger partial charge < -0.3 is 18.9 Å². The lowest BCUT2D eigenvalue weighted by atomic mass is 9.95. The van der Waals surface area contributed by atoms with Gasteiger partial charge in [-0.3, -0.25) is 14.2 Å². The van der Waals surface area contributed by atoms with Crippen molar-refractivity contribution in [1.29, 1.82) is 0 Å². The van der Waals surface area contributed by atoms with Crippen LogP contribution < -0.4 is 29.1 Å². The van der Waals surface area contributed by atoms with Crippen molar-refractivity contribution >= 4 is 29.4 Å². The van der Waals surface area contributed by atoms with Crippen molar-refractivity contribution in [2.24, 2.45) is 4.99 Å². The van der Waals surface area contributed by atoms with E-state index in [9.17, 15) is 14.4 Å². The number of hydrogen-bond donors (Lipinski definition) is 0. The van der Waals surface area contributed by atoms with Crippen molar-refractivity contribution in [3.8, 4) is 17.2 Å². The van der Waals surface area contributed by atoms with Crippen LogP contribution in [0, 0.1) is 0 Å². The van der Waals surface area contributed by atoms with Gasteiger partial charge >= 0.3 is 11.9 Å². The molecule has 1 aromatic heterocycles. The molecule has 0 saturated carbocycles. The number of para-hydroxylation sites is 1. The summed E-state index contributed by atoms with van der Waals surface area (Å²) < 4.78 is 23.7. The van der Waals surface area contributed by atoms with Crippen molar-refractivity contribution in [3.05, 3.63) is 84.5 Å². The molecule has 0 bridgehead atoms. The second-order valence-corrected chi connectivity index (χ2v) is 9.29. The van der Waals surface area contributed by atoms with Gasteiger partial charge in [-0.15, -0.1) is 0 Å². The zero-order valence-corrected chi connectivity index (χ0v) is 22.6. The van der Waals surface area contributed by atoms with Crippen LogP contribution in [0.1, 0.15) is 44.9 Å². The number of carbonyl (C=O) groups excluding carboxylic acids is 2. The monoisotopic (exact) mass is 536 g/mol. The fourth-order valence-corrected chi connectivity index (χ4v) is 5.26. The number of esters is 2. The van der Waals surface area contributed by atoms with E-state index in [-0.39, 0.29) is 17.7 Å². The summed E-state index contributed by atoms with van der Waals surface area (Å²) in [6, 6.07) is 11.4. The van der Waals surface area contributed by atoms with Crippen LogP contribution in [0.2, 0.25) is 0 Å². The van der Waals surface area contributed by atoms with Gasteiger partial charge in [0, 0.05) is 12.5 Å². The Kier molecular flexibility index (Phi) is 8.11. The second-order valence-electron chi connectivity index (χ2n) is 8.28. The Labute approximate surface area is 223 Å². The predicted octanol–water partition coefficient (Wildman–Crippen LogP) is 3.13. The van der Waals surface area contributed by atoms with Gasteiger partial charge in [0.1, 0.15) is 5.75 Å². The van der Waals surface area contributed by atoms with E-state index in [0.29, 0.717) is 50.0 Å². The summed E-state index contributed by atoms with van der Waals surface area (Å²) in [4.78, 5) is 43.6. The Morgan fingerprint density at radius 2 is 1.84 bits per heavy atom. The smallest absolute Gasteiger partial charge is 0.338 e. The number of thiazole rings is 1. The third-order valence-corrected chi connectivity index (χ3v) is 6.76. The van der Waals surface area contributed by atoms with Crippen LogP contribution in [0.15, 0.2) is 63.5 Å². The lowest BCUT2D eigenvalue weighted by Gasteiger charge is -2.25. The van der Waals surface area contributed by atoms with E-state index in [1.54, 1.807) is 69.5 Å². The van der Waals surface area contributed by atoms with E-state index in [1.807, 2.05) is 6.92 Å². The first-order chi connectivity index (χ1) is 18.3. The molecule has 0 saturated heterocycles. The molecular formula is C28H28N2O7S. The molecule has 0 N–H and O–H groups in total. The molecule has 0 aliphatic carbocycles. The molecular weight excluding hydrogens is 508 g/mol. The minimum absolute atomic E-state index is 0.173. The Morgan fingerprint density at radius 3 is 2.53 bits per heavy atom. The summed E-state index contributed by atoms with van der Waals surface area (Å²) in [5.74, 6) is 0.335. The number of rotatable bonds is 8. The first-order valence-corrected chi connectivity index (χ1v) is 12.9. The van der Waals surface area contributed by atoms with E-state index in [1.165, 1.54) is 22.8 Å². The highest BCUT2D eigenvalue weighted by atomic mass is 32.1. The second kappa shape index (κ2) is 11.5. The standard InChI is InChI=1S/C28H28N2O7S/c1-6-35-22-14-19(12-13-21(22)34-5)25-24(27(33)36-7-2)16(3)29-28-30(25)26(32)23(38-28)15-18-10-8-9-11-20(18)37-17(4)31/h8-15,25H,6-7H2,1-5H3/b23-15-/t25-/m0/s1. The Bertz CT molecular complexity index is 1600. The summed E-state index contributed by atoms with van der Waals surface area (Å²) in [5, 5.41) is 0. The SMILES string of the molecule is CCOC(=O)C1=C(C)N=c2s/c(=C\c3ccccc3OC(C)=O)c(=O)n2[C@H]1c1ccc(OC)c(OCC)c1. The highest BCUT2D eigenvalue weighted by Crippen LogP contribution is 2.36. The zero-order valence-electron chi connectivity index (χ0n) is 21.8. The molecule has 0 amide bonds. The molecule has 0 spiro atoms. The maximum Gasteiger partial charge on any atom is 0.338 e.